The number of esters is 1. The second-order valence-electron chi connectivity index (χ2n) is 11.5. The van der Waals surface area contributed by atoms with Crippen LogP contribution in [0.5, 0.6) is 5.75 Å². The largest absolute Gasteiger partial charge is 0.488 e. The fraction of sp³-hybridized carbons (Fsp3) is 0.179. The molecule has 7 nitrogen and oxygen atoms in total. The monoisotopic (exact) mass is 673 g/mol. The van der Waals surface area contributed by atoms with Crippen LogP contribution in [-0.4, -0.2) is 17.1 Å². The summed E-state index contributed by atoms with van der Waals surface area (Å²) >= 11 is 7.65. The number of aromatic nitrogens is 1. The van der Waals surface area contributed by atoms with Gasteiger partial charge in [-0.2, -0.15) is 5.26 Å². The fourth-order valence-corrected chi connectivity index (χ4v) is 6.81. The molecule has 0 saturated carbocycles. The van der Waals surface area contributed by atoms with E-state index >= 15 is 0 Å². The van der Waals surface area contributed by atoms with Crippen molar-refractivity contribution in [1.29, 1.82) is 5.26 Å². The van der Waals surface area contributed by atoms with Crippen LogP contribution in [0.1, 0.15) is 66.1 Å². The highest BCUT2D eigenvalue weighted by atomic mass is 35.5. The highest BCUT2D eigenvalue weighted by Crippen LogP contribution is 2.36. The number of carbonyl (C=O) groups excluding carboxylic acids is 1. The Bertz CT molecular complexity index is 2250. The lowest BCUT2D eigenvalue weighted by Gasteiger charge is -2.26. The van der Waals surface area contributed by atoms with Crippen LogP contribution in [0, 0.1) is 11.3 Å². The third-order valence-electron chi connectivity index (χ3n) is 8.07. The first-order valence-electron chi connectivity index (χ1n) is 15.6. The van der Waals surface area contributed by atoms with Crippen LogP contribution in [0.3, 0.4) is 0 Å². The first-order chi connectivity index (χ1) is 23.3. The number of hydrogen-bond donors (Lipinski definition) is 0. The number of nitrogens with zero attached hydrogens (tertiary/aromatic N) is 3. The van der Waals surface area contributed by atoms with E-state index in [0.29, 0.717) is 48.4 Å². The van der Waals surface area contributed by atoms with E-state index in [1.807, 2.05) is 66.7 Å². The molecule has 240 valence electrons. The molecule has 5 aromatic rings. The maximum atomic E-state index is 14.4. The van der Waals surface area contributed by atoms with Crippen LogP contribution in [0.4, 0.5) is 0 Å². The van der Waals surface area contributed by atoms with Gasteiger partial charge in [0.05, 0.1) is 40.1 Å². The minimum absolute atomic E-state index is 0.156. The topological polar surface area (TPSA) is 93.7 Å². The van der Waals surface area contributed by atoms with E-state index < -0.39 is 12.0 Å². The number of ether oxygens (including phenoxy) is 2. The fourth-order valence-electron chi connectivity index (χ4n) is 5.63. The zero-order valence-electron chi connectivity index (χ0n) is 26.6. The Kier molecular flexibility index (Phi) is 9.72. The summed E-state index contributed by atoms with van der Waals surface area (Å²) in [7, 11) is 0. The molecule has 0 saturated heterocycles. The molecule has 1 aliphatic heterocycles. The normalized spacial score (nSPS) is 14.3. The van der Waals surface area contributed by atoms with Gasteiger partial charge in [0.25, 0.3) is 5.56 Å². The van der Waals surface area contributed by atoms with Gasteiger partial charge in [0.2, 0.25) is 0 Å². The summed E-state index contributed by atoms with van der Waals surface area (Å²) in [4.78, 5) is 33.5. The van der Waals surface area contributed by atoms with Crippen molar-refractivity contribution in [2.24, 2.45) is 4.99 Å². The number of fused-ring (bicyclic) bond motifs is 1. The highest BCUT2D eigenvalue weighted by Gasteiger charge is 2.35. The summed E-state index contributed by atoms with van der Waals surface area (Å²) in [6, 6.07) is 31.3. The van der Waals surface area contributed by atoms with Crippen molar-refractivity contribution in [3.63, 3.8) is 0 Å². The van der Waals surface area contributed by atoms with Crippen molar-refractivity contribution in [2.75, 3.05) is 6.61 Å². The van der Waals surface area contributed by atoms with Crippen LogP contribution in [0.15, 0.2) is 112 Å². The zero-order valence-corrected chi connectivity index (χ0v) is 28.2. The van der Waals surface area contributed by atoms with Crippen LogP contribution in [0.25, 0.3) is 11.8 Å². The van der Waals surface area contributed by atoms with Gasteiger partial charge >= 0.3 is 5.97 Å². The summed E-state index contributed by atoms with van der Waals surface area (Å²) in [5.74, 6) is 0.273. The second-order valence-corrected chi connectivity index (χ2v) is 12.9. The lowest BCUT2D eigenvalue weighted by atomic mass is 9.91. The molecule has 0 N–H and O–H groups in total. The smallest absolute Gasteiger partial charge is 0.338 e. The Morgan fingerprint density at radius 3 is 2.48 bits per heavy atom. The van der Waals surface area contributed by atoms with Crippen LogP contribution < -0.4 is 19.6 Å². The molecule has 2 heterocycles. The van der Waals surface area contributed by atoms with Gasteiger partial charge in [-0.25, -0.2) is 9.79 Å². The van der Waals surface area contributed by atoms with E-state index in [1.165, 1.54) is 11.3 Å². The third-order valence-corrected chi connectivity index (χ3v) is 9.29. The number of benzene rings is 4. The molecule has 0 spiro atoms. The molecular formula is C39H32ClN3O4S. The maximum Gasteiger partial charge on any atom is 0.338 e. The van der Waals surface area contributed by atoms with Crippen molar-refractivity contribution >= 4 is 40.7 Å². The molecule has 0 fully saturated rings. The van der Waals surface area contributed by atoms with Crippen molar-refractivity contribution in [3.05, 3.63) is 161 Å². The average Bonchev–Trinajstić information content (AvgIpc) is 3.41. The Balaban J connectivity index is 1.54. The molecular weight excluding hydrogens is 642 g/mol. The van der Waals surface area contributed by atoms with Gasteiger partial charge in [-0.05, 0) is 54.3 Å². The number of carbonyl (C=O) groups is 1. The van der Waals surface area contributed by atoms with Gasteiger partial charge in [-0.3, -0.25) is 9.36 Å². The van der Waals surface area contributed by atoms with Gasteiger partial charge in [0, 0.05) is 21.7 Å². The van der Waals surface area contributed by atoms with Gasteiger partial charge in [-0.1, -0.05) is 110 Å². The molecule has 0 unspecified atom stereocenters. The molecule has 0 radical (unpaired) electrons. The summed E-state index contributed by atoms with van der Waals surface area (Å²) in [6.07, 6.45) is 1.73. The first-order valence-corrected chi connectivity index (χ1v) is 16.8. The molecule has 0 aliphatic carbocycles. The summed E-state index contributed by atoms with van der Waals surface area (Å²) < 4.78 is 13.7. The molecule has 0 bridgehead atoms. The van der Waals surface area contributed by atoms with E-state index in [9.17, 15) is 14.9 Å². The van der Waals surface area contributed by atoms with Gasteiger partial charge in [0.1, 0.15) is 12.4 Å². The van der Waals surface area contributed by atoms with Crippen LogP contribution in [-0.2, 0) is 16.1 Å². The Morgan fingerprint density at radius 1 is 1.04 bits per heavy atom. The van der Waals surface area contributed by atoms with Crippen molar-refractivity contribution in [3.8, 4) is 11.8 Å². The average molecular weight is 674 g/mol. The highest BCUT2D eigenvalue weighted by molar-refractivity contribution is 7.07. The van der Waals surface area contributed by atoms with Crippen LogP contribution in [0.2, 0.25) is 5.02 Å². The minimum atomic E-state index is -0.781. The Hall–Kier alpha value is -5.23. The molecule has 1 aliphatic rings. The quantitative estimate of drug-likeness (QED) is 0.155. The number of thiazole rings is 1. The van der Waals surface area contributed by atoms with E-state index in [4.69, 9.17) is 26.1 Å². The molecule has 0 amide bonds. The molecule has 1 atom stereocenters. The van der Waals surface area contributed by atoms with Crippen molar-refractivity contribution in [1.82, 2.24) is 4.57 Å². The molecule has 4 aromatic carbocycles. The lowest BCUT2D eigenvalue weighted by Crippen LogP contribution is -2.40. The van der Waals surface area contributed by atoms with Crippen molar-refractivity contribution in [2.45, 2.75) is 39.3 Å². The summed E-state index contributed by atoms with van der Waals surface area (Å²) in [5, 5.41) is 9.99. The summed E-state index contributed by atoms with van der Waals surface area (Å²) in [5.41, 5.74) is 4.94. The van der Waals surface area contributed by atoms with Gasteiger partial charge in [0.15, 0.2) is 4.80 Å². The number of halogens is 1. The number of nitriles is 1. The molecule has 9 heteroatoms. The van der Waals surface area contributed by atoms with E-state index in [2.05, 4.69) is 19.9 Å². The zero-order chi connectivity index (χ0) is 33.8. The molecule has 48 heavy (non-hydrogen) atoms. The molecule has 1 aromatic heterocycles. The van der Waals surface area contributed by atoms with Gasteiger partial charge < -0.3 is 9.47 Å². The standard InChI is InChI=1S/C39H32ClN3O4S/c1-4-46-38(45)34-35(26-10-6-5-7-11-26)42-39-43(36(34)27-16-14-25(15-17-27)24(2)3)37(44)33(48-39)21-30-20-31(40)18-19-32(30)47-23-29-13-9-8-12-28(29)22-41/h5-21,24,36H,4,23H2,1-3H3/b33-21-/t36-/m1/s1. The third kappa shape index (κ3) is 6.61. The second kappa shape index (κ2) is 14.3. The molecule has 6 rings (SSSR count). The maximum absolute atomic E-state index is 14.4. The number of rotatable bonds is 9. The first kappa shape index (κ1) is 32.7. The van der Waals surface area contributed by atoms with Crippen molar-refractivity contribution < 1.29 is 14.3 Å². The lowest BCUT2D eigenvalue weighted by molar-refractivity contribution is -0.138. The predicted octanol–water partition coefficient (Wildman–Crippen LogP) is 7.16. The van der Waals surface area contributed by atoms with Gasteiger partial charge in [-0.15, -0.1) is 0 Å². The van der Waals surface area contributed by atoms with E-state index in [0.717, 1.165) is 22.3 Å². The SMILES string of the molecule is CCOC(=O)C1=C(c2ccccc2)N=c2s/c(=C\c3cc(Cl)ccc3OCc3ccccc3C#N)c(=O)n2[C@@H]1c1ccc(C(C)C)cc1. The Morgan fingerprint density at radius 2 is 1.77 bits per heavy atom. The van der Waals surface area contributed by atoms with E-state index in [1.54, 1.807) is 47.9 Å². The number of hydrogen-bond acceptors (Lipinski definition) is 7. The van der Waals surface area contributed by atoms with E-state index in [-0.39, 0.29) is 18.8 Å². The van der Waals surface area contributed by atoms with Crippen LogP contribution >= 0.6 is 22.9 Å². The minimum Gasteiger partial charge on any atom is -0.488 e. The Labute approximate surface area is 287 Å². The predicted molar refractivity (Wildman–Crippen MR) is 189 cm³/mol. The summed E-state index contributed by atoms with van der Waals surface area (Å²) in [6.45, 7) is 6.32.